The van der Waals surface area contributed by atoms with E-state index < -0.39 is 29.5 Å². The highest BCUT2D eigenvalue weighted by atomic mass is 19.4. The average molecular weight is 299 g/mol. The summed E-state index contributed by atoms with van der Waals surface area (Å²) in [6, 6.07) is 6.95. The third-order valence-electron chi connectivity index (χ3n) is 3.88. The van der Waals surface area contributed by atoms with Gasteiger partial charge in [0.05, 0.1) is 24.1 Å². The number of carbonyl (C=O) groups excluding carboxylic acids is 1. The van der Waals surface area contributed by atoms with Gasteiger partial charge in [-0.25, -0.2) is 0 Å². The first-order valence-corrected chi connectivity index (χ1v) is 6.85. The largest absolute Gasteiger partial charge is 0.484 e. The molecule has 2 aliphatic rings. The van der Waals surface area contributed by atoms with Gasteiger partial charge in [0.1, 0.15) is 11.4 Å². The maximum Gasteiger partial charge on any atom is 0.392 e. The summed E-state index contributed by atoms with van der Waals surface area (Å²) < 4.78 is 43.8. The van der Waals surface area contributed by atoms with E-state index in [9.17, 15) is 18.0 Å². The summed E-state index contributed by atoms with van der Waals surface area (Å²) >= 11 is 0. The van der Waals surface area contributed by atoms with Crippen molar-refractivity contribution in [3.05, 3.63) is 24.3 Å². The number of alkyl halides is 3. The summed E-state index contributed by atoms with van der Waals surface area (Å²) in [5, 5.41) is 0. The quantitative estimate of drug-likeness (QED) is 0.795. The molecule has 1 heterocycles. The number of nitrogens with zero attached hydrogens (tertiary/aromatic N) is 1. The van der Waals surface area contributed by atoms with Crippen molar-refractivity contribution in [3.8, 4) is 5.75 Å². The van der Waals surface area contributed by atoms with Crippen LogP contribution in [0.5, 0.6) is 5.75 Å². The number of ether oxygens (including phenoxy) is 1. The number of benzene rings is 1. The zero-order valence-electron chi connectivity index (χ0n) is 11.8. The first kappa shape index (κ1) is 14.2. The van der Waals surface area contributed by atoms with Crippen LogP contribution in [-0.2, 0) is 4.79 Å². The van der Waals surface area contributed by atoms with Crippen LogP contribution in [0.1, 0.15) is 20.3 Å². The number of anilines is 1. The number of para-hydroxylation sites is 2. The van der Waals surface area contributed by atoms with Crippen molar-refractivity contribution in [1.82, 2.24) is 0 Å². The fourth-order valence-corrected chi connectivity index (χ4v) is 2.79. The molecule has 0 bridgehead atoms. The number of halogens is 3. The lowest BCUT2D eigenvalue weighted by atomic mass is 10.0. The summed E-state index contributed by atoms with van der Waals surface area (Å²) in [5.41, 5.74) is -0.0678. The maximum absolute atomic E-state index is 12.7. The molecule has 6 heteroatoms. The molecule has 1 amide bonds. The molecule has 114 valence electrons. The van der Waals surface area contributed by atoms with Crippen LogP contribution in [0, 0.1) is 11.8 Å². The molecule has 21 heavy (non-hydrogen) atoms. The highest BCUT2D eigenvalue weighted by Crippen LogP contribution is 2.52. The van der Waals surface area contributed by atoms with E-state index in [1.807, 2.05) is 13.8 Å². The molecule has 0 radical (unpaired) electrons. The van der Waals surface area contributed by atoms with Crippen LogP contribution >= 0.6 is 0 Å². The van der Waals surface area contributed by atoms with Crippen molar-refractivity contribution in [2.75, 3.05) is 11.4 Å². The van der Waals surface area contributed by atoms with Crippen molar-refractivity contribution in [1.29, 1.82) is 0 Å². The predicted molar refractivity (Wildman–Crippen MR) is 71.2 cm³/mol. The Hall–Kier alpha value is -1.72. The fraction of sp³-hybridized carbons (Fsp3) is 0.533. The summed E-state index contributed by atoms with van der Waals surface area (Å²) in [4.78, 5) is 13.9. The molecular formula is C15H16F3NO2. The summed E-state index contributed by atoms with van der Waals surface area (Å²) in [7, 11) is 0. The Bertz CT molecular complexity index is 583. The highest BCUT2D eigenvalue weighted by Gasteiger charge is 2.60. The van der Waals surface area contributed by atoms with Gasteiger partial charge in [-0.2, -0.15) is 13.2 Å². The Morgan fingerprint density at radius 1 is 1.33 bits per heavy atom. The van der Waals surface area contributed by atoms with E-state index in [-0.39, 0.29) is 13.0 Å². The molecule has 0 N–H and O–H groups in total. The zero-order chi connectivity index (χ0) is 15.4. The number of amides is 1. The minimum atomic E-state index is -4.29. The van der Waals surface area contributed by atoms with Crippen molar-refractivity contribution < 1.29 is 22.7 Å². The summed E-state index contributed by atoms with van der Waals surface area (Å²) in [6.07, 6.45) is -4.40. The number of hydrogen-bond acceptors (Lipinski definition) is 2. The molecule has 0 spiro atoms. The second-order valence-electron chi connectivity index (χ2n) is 6.24. The van der Waals surface area contributed by atoms with E-state index in [2.05, 4.69) is 0 Å². The van der Waals surface area contributed by atoms with Crippen molar-refractivity contribution in [3.63, 3.8) is 0 Å². The smallest absolute Gasteiger partial charge is 0.392 e. The molecule has 1 saturated carbocycles. The standard InChI is InChI=1S/C15H16F3NO2/c1-14(2)8-19(11-5-3-4-6-12(11)21-14)13(20)9-7-10(9)15(16,17)18/h3-6,9-10H,7-8H2,1-2H3/t9-,10-/m1/s1. The minimum absolute atomic E-state index is 0.109. The van der Waals surface area contributed by atoms with Gasteiger partial charge in [0.25, 0.3) is 0 Å². The molecule has 3 rings (SSSR count). The molecule has 1 aliphatic carbocycles. The Kier molecular flexibility index (Phi) is 2.97. The topological polar surface area (TPSA) is 29.5 Å². The van der Waals surface area contributed by atoms with E-state index in [1.54, 1.807) is 24.3 Å². The van der Waals surface area contributed by atoms with E-state index in [4.69, 9.17) is 4.74 Å². The van der Waals surface area contributed by atoms with Gasteiger partial charge >= 0.3 is 6.18 Å². The van der Waals surface area contributed by atoms with Gasteiger partial charge in [0.2, 0.25) is 5.91 Å². The molecule has 3 nitrogen and oxygen atoms in total. The predicted octanol–water partition coefficient (Wildman–Crippen LogP) is 3.39. The van der Waals surface area contributed by atoms with E-state index in [1.165, 1.54) is 4.90 Å². The van der Waals surface area contributed by atoms with Crippen LogP contribution in [0.2, 0.25) is 0 Å². The molecule has 1 aliphatic heterocycles. The number of hydrogen-bond donors (Lipinski definition) is 0. The molecule has 1 aromatic carbocycles. The lowest BCUT2D eigenvalue weighted by Gasteiger charge is -2.39. The van der Waals surface area contributed by atoms with Crippen LogP contribution in [0.3, 0.4) is 0 Å². The van der Waals surface area contributed by atoms with Crippen LogP contribution in [-0.4, -0.2) is 24.2 Å². The van der Waals surface area contributed by atoms with Crippen LogP contribution < -0.4 is 9.64 Å². The first-order valence-electron chi connectivity index (χ1n) is 6.85. The second kappa shape index (κ2) is 4.39. The summed E-state index contributed by atoms with van der Waals surface area (Å²) in [6.45, 7) is 3.89. The second-order valence-corrected chi connectivity index (χ2v) is 6.24. The molecule has 1 aromatic rings. The number of fused-ring (bicyclic) bond motifs is 1. The van der Waals surface area contributed by atoms with Gasteiger partial charge < -0.3 is 9.64 Å². The van der Waals surface area contributed by atoms with Crippen molar-refractivity contribution >= 4 is 11.6 Å². The third-order valence-corrected chi connectivity index (χ3v) is 3.88. The van der Waals surface area contributed by atoms with Crippen molar-refractivity contribution in [2.45, 2.75) is 32.0 Å². The zero-order valence-corrected chi connectivity index (χ0v) is 11.8. The Morgan fingerprint density at radius 3 is 2.62 bits per heavy atom. The normalized spacial score (nSPS) is 26.8. The lowest BCUT2D eigenvalue weighted by Crippen LogP contribution is -2.50. The molecule has 2 atom stereocenters. The van der Waals surface area contributed by atoms with Gasteiger partial charge in [-0.1, -0.05) is 12.1 Å². The lowest BCUT2D eigenvalue weighted by molar-refractivity contribution is -0.154. The molecule has 0 unspecified atom stereocenters. The van der Waals surface area contributed by atoms with Crippen LogP contribution in [0.4, 0.5) is 18.9 Å². The van der Waals surface area contributed by atoms with Crippen LogP contribution in [0.25, 0.3) is 0 Å². The number of carbonyl (C=O) groups is 1. The van der Waals surface area contributed by atoms with Crippen LogP contribution in [0.15, 0.2) is 24.3 Å². The Morgan fingerprint density at radius 2 is 2.00 bits per heavy atom. The van der Waals surface area contributed by atoms with Gasteiger partial charge in [0.15, 0.2) is 0 Å². The molecule has 0 aromatic heterocycles. The van der Waals surface area contributed by atoms with E-state index >= 15 is 0 Å². The maximum atomic E-state index is 12.7. The molecule has 0 saturated heterocycles. The molecular weight excluding hydrogens is 283 g/mol. The first-order chi connectivity index (χ1) is 9.69. The van der Waals surface area contributed by atoms with Gasteiger partial charge in [0, 0.05) is 0 Å². The van der Waals surface area contributed by atoms with Gasteiger partial charge in [-0.3, -0.25) is 4.79 Å². The molecule has 1 fully saturated rings. The minimum Gasteiger partial charge on any atom is -0.484 e. The Labute approximate surface area is 120 Å². The SMILES string of the molecule is CC1(C)CN(C(=O)[C@@H]2C[C@H]2C(F)(F)F)c2ccccc2O1. The van der Waals surface area contributed by atoms with E-state index in [0.717, 1.165) is 0 Å². The van der Waals surface area contributed by atoms with Gasteiger partial charge in [-0.15, -0.1) is 0 Å². The van der Waals surface area contributed by atoms with Gasteiger partial charge in [-0.05, 0) is 32.4 Å². The average Bonchev–Trinajstić information content (AvgIpc) is 3.15. The third kappa shape index (κ3) is 2.59. The van der Waals surface area contributed by atoms with Crippen molar-refractivity contribution in [2.24, 2.45) is 11.8 Å². The highest BCUT2D eigenvalue weighted by molar-refractivity contribution is 5.98. The van der Waals surface area contributed by atoms with E-state index in [0.29, 0.717) is 11.4 Å². The monoisotopic (exact) mass is 299 g/mol. The Balaban J connectivity index is 1.87. The number of rotatable bonds is 1. The summed E-state index contributed by atoms with van der Waals surface area (Å²) in [5.74, 6) is -2.37. The fourth-order valence-electron chi connectivity index (χ4n) is 2.79.